The zero-order valence-electron chi connectivity index (χ0n) is 14.7. The molecule has 1 saturated heterocycles. The molecule has 1 aromatic rings. The molecule has 1 fully saturated rings. The SMILES string of the molecule is CCC(CN=C(N)Nc1ccc(OC)c(OC)c1)N1CCCC1.I. The molecule has 1 heterocycles. The minimum Gasteiger partial charge on any atom is -0.493 e. The number of nitrogens with one attached hydrogen (secondary N) is 1. The van der Waals surface area contributed by atoms with E-state index in [1.165, 1.54) is 25.9 Å². The van der Waals surface area contributed by atoms with Crippen molar-refractivity contribution in [2.24, 2.45) is 10.7 Å². The van der Waals surface area contributed by atoms with Gasteiger partial charge < -0.3 is 20.5 Å². The fraction of sp³-hybridized carbons (Fsp3) is 0.588. The summed E-state index contributed by atoms with van der Waals surface area (Å²) in [4.78, 5) is 7.01. The molecule has 1 atom stereocenters. The molecule has 1 aromatic carbocycles. The summed E-state index contributed by atoms with van der Waals surface area (Å²) >= 11 is 0. The summed E-state index contributed by atoms with van der Waals surface area (Å²) in [7, 11) is 3.23. The van der Waals surface area contributed by atoms with Crippen LogP contribution in [-0.4, -0.2) is 50.8 Å². The third-order valence-electron chi connectivity index (χ3n) is 4.26. The van der Waals surface area contributed by atoms with E-state index in [2.05, 4.69) is 22.1 Å². The summed E-state index contributed by atoms with van der Waals surface area (Å²) in [5.41, 5.74) is 6.85. The second-order valence-corrected chi connectivity index (χ2v) is 5.73. The number of halogens is 1. The maximum absolute atomic E-state index is 6.02. The van der Waals surface area contributed by atoms with Crippen LogP contribution in [0.2, 0.25) is 0 Å². The third kappa shape index (κ3) is 5.70. The molecular weight excluding hydrogens is 419 g/mol. The van der Waals surface area contributed by atoms with E-state index in [0.29, 0.717) is 23.5 Å². The number of methoxy groups -OCH3 is 2. The number of guanidine groups is 1. The number of benzene rings is 1. The highest BCUT2D eigenvalue weighted by atomic mass is 127. The Balaban J connectivity index is 0.00000288. The number of hydrogen-bond donors (Lipinski definition) is 2. The van der Waals surface area contributed by atoms with E-state index in [-0.39, 0.29) is 24.0 Å². The lowest BCUT2D eigenvalue weighted by Crippen LogP contribution is -2.35. The Bertz CT molecular complexity index is 533. The van der Waals surface area contributed by atoms with Crippen molar-refractivity contribution in [2.75, 3.05) is 39.2 Å². The molecule has 1 aliphatic rings. The summed E-state index contributed by atoms with van der Waals surface area (Å²) < 4.78 is 10.5. The Labute approximate surface area is 161 Å². The summed E-state index contributed by atoms with van der Waals surface area (Å²) in [5.74, 6) is 1.78. The number of ether oxygens (including phenoxy) is 2. The zero-order valence-corrected chi connectivity index (χ0v) is 17.1. The number of nitrogens with zero attached hydrogens (tertiary/aromatic N) is 2. The van der Waals surface area contributed by atoms with Gasteiger partial charge in [-0.25, -0.2) is 0 Å². The molecule has 0 radical (unpaired) electrons. The number of rotatable bonds is 7. The monoisotopic (exact) mass is 448 g/mol. The second-order valence-electron chi connectivity index (χ2n) is 5.73. The largest absolute Gasteiger partial charge is 0.493 e. The molecule has 0 aliphatic carbocycles. The van der Waals surface area contributed by atoms with Gasteiger partial charge in [0.15, 0.2) is 17.5 Å². The first-order chi connectivity index (χ1) is 11.2. The molecular formula is C17H29IN4O2. The highest BCUT2D eigenvalue weighted by Crippen LogP contribution is 2.29. The topological polar surface area (TPSA) is 72.1 Å². The molecule has 2 rings (SSSR count). The third-order valence-corrected chi connectivity index (χ3v) is 4.26. The van der Waals surface area contributed by atoms with Gasteiger partial charge in [-0.05, 0) is 44.5 Å². The van der Waals surface area contributed by atoms with Gasteiger partial charge in [0.1, 0.15) is 0 Å². The molecule has 24 heavy (non-hydrogen) atoms. The molecule has 7 heteroatoms. The van der Waals surface area contributed by atoms with Gasteiger partial charge in [0.25, 0.3) is 0 Å². The summed E-state index contributed by atoms with van der Waals surface area (Å²) in [5, 5.41) is 3.11. The molecule has 0 bridgehead atoms. The fourth-order valence-corrected chi connectivity index (χ4v) is 2.91. The Morgan fingerprint density at radius 1 is 1.25 bits per heavy atom. The van der Waals surface area contributed by atoms with E-state index in [4.69, 9.17) is 15.2 Å². The second kappa shape index (κ2) is 10.6. The minimum atomic E-state index is 0. The highest BCUT2D eigenvalue weighted by Gasteiger charge is 2.19. The standard InChI is InChI=1S/C17H28N4O2.HI/c1-4-14(21-9-5-6-10-21)12-19-17(18)20-13-7-8-15(22-2)16(11-13)23-3;/h7-8,11,14H,4-6,9-10,12H2,1-3H3,(H3,18,19,20);1H. The van der Waals surface area contributed by atoms with Gasteiger partial charge in [0.05, 0.1) is 20.8 Å². The van der Waals surface area contributed by atoms with Crippen LogP contribution in [0.3, 0.4) is 0 Å². The van der Waals surface area contributed by atoms with Crippen LogP contribution in [0, 0.1) is 0 Å². The van der Waals surface area contributed by atoms with Crippen molar-refractivity contribution < 1.29 is 9.47 Å². The first-order valence-corrected chi connectivity index (χ1v) is 8.21. The van der Waals surface area contributed by atoms with Gasteiger partial charge in [0, 0.05) is 17.8 Å². The average Bonchev–Trinajstić information content (AvgIpc) is 3.09. The Kier molecular flexibility index (Phi) is 9.20. The Morgan fingerprint density at radius 2 is 1.92 bits per heavy atom. The Morgan fingerprint density at radius 3 is 2.50 bits per heavy atom. The first kappa shape index (κ1) is 20.8. The average molecular weight is 448 g/mol. The van der Waals surface area contributed by atoms with Crippen LogP contribution in [0.25, 0.3) is 0 Å². The van der Waals surface area contributed by atoms with E-state index in [1.54, 1.807) is 14.2 Å². The van der Waals surface area contributed by atoms with E-state index < -0.39 is 0 Å². The van der Waals surface area contributed by atoms with Gasteiger partial charge in [-0.2, -0.15) is 0 Å². The Hall–Kier alpha value is -1.22. The maximum atomic E-state index is 6.02. The number of hydrogen-bond acceptors (Lipinski definition) is 4. The molecule has 0 spiro atoms. The lowest BCUT2D eigenvalue weighted by Gasteiger charge is -2.24. The highest BCUT2D eigenvalue weighted by molar-refractivity contribution is 14.0. The van der Waals surface area contributed by atoms with Crippen LogP contribution in [0.4, 0.5) is 5.69 Å². The molecule has 1 aliphatic heterocycles. The van der Waals surface area contributed by atoms with Gasteiger partial charge in [0.2, 0.25) is 0 Å². The molecule has 0 aromatic heterocycles. The quantitative estimate of drug-likeness (QED) is 0.381. The molecule has 1 unspecified atom stereocenters. The zero-order chi connectivity index (χ0) is 16.7. The van der Waals surface area contributed by atoms with Crippen molar-refractivity contribution in [1.29, 1.82) is 0 Å². The summed E-state index contributed by atoms with van der Waals surface area (Å²) in [6.07, 6.45) is 3.67. The van der Waals surface area contributed by atoms with Crippen molar-refractivity contribution in [1.82, 2.24) is 4.90 Å². The summed E-state index contributed by atoms with van der Waals surface area (Å²) in [6, 6.07) is 6.05. The normalized spacial score (nSPS) is 16.4. The smallest absolute Gasteiger partial charge is 0.193 e. The molecule has 0 saturated carbocycles. The predicted molar refractivity (Wildman–Crippen MR) is 110 cm³/mol. The van der Waals surface area contributed by atoms with Gasteiger partial charge in [-0.3, -0.25) is 9.89 Å². The van der Waals surface area contributed by atoms with Crippen LogP contribution >= 0.6 is 24.0 Å². The minimum absolute atomic E-state index is 0. The van der Waals surface area contributed by atoms with Crippen LogP contribution in [0.1, 0.15) is 26.2 Å². The predicted octanol–water partition coefficient (Wildman–Crippen LogP) is 2.92. The maximum Gasteiger partial charge on any atom is 0.193 e. The van der Waals surface area contributed by atoms with E-state index >= 15 is 0 Å². The fourth-order valence-electron chi connectivity index (χ4n) is 2.91. The summed E-state index contributed by atoms with van der Waals surface area (Å²) in [6.45, 7) is 5.28. The number of anilines is 1. The van der Waals surface area contributed by atoms with E-state index in [0.717, 1.165) is 18.7 Å². The molecule has 6 nitrogen and oxygen atoms in total. The van der Waals surface area contributed by atoms with Crippen molar-refractivity contribution in [3.05, 3.63) is 18.2 Å². The lowest BCUT2D eigenvalue weighted by molar-refractivity contribution is 0.242. The molecule has 3 N–H and O–H groups in total. The van der Waals surface area contributed by atoms with Crippen molar-refractivity contribution in [2.45, 2.75) is 32.2 Å². The number of nitrogens with two attached hydrogens (primary N) is 1. The van der Waals surface area contributed by atoms with Crippen molar-refractivity contribution >= 4 is 35.6 Å². The number of aliphatic imine (C=N–C) groups is 1. The van der Waals surface area contributed by atoms with E-state index in [9.17, 15) is 0 Å². The van der Waals surface area contributed by atoms with E-state index in [1.807, 2.05) is 18.2 Å². The molecule has 0 amide bonds. The van der Waals surface area contributed by atoms with Crippen LogP contribution in [0.5, 0.6) is 11.5 Å². The van der Waals surface area contributed by atoms with Crippen molar-refractivity contribution in [3.63, 3.8) is 0 Å². The molecule has 136 valence electrons. The van der Waals surface area contributed by atoms with Crippen LogP contribution < -0.4 is 20.5 Å². The van der Waals surface area contributed by atoms with Gasteiger partial charge in [-0.1, -0.05) is 6.92 Å². The van der Waals surface area contributed by atoms with Crippen molar-refractivity contribution in [3.8, 4) is 11.5 Å². The number of likely N-dealkylation sites (tertiary alicyclic amines) is 1. The first-order valence-electron chi connectivity index (χ1n) is 8.21. The van der Waals surface area contributed by atoms with Crippen LogP contribution in [0.15, 0.2) is 23.2 Å². The van der Waals surface area contributed by atoms with Gasteiger partial charge >= 0.3 is 0 Å². The lowest BCUT2D eigenvalue weighted by atomic mass is 10.2. The van der Waals surface area contributed by atoms with Crippen LogP contribution in [-0.2, 0) is 0 Å². The van der Waals surface area contributed by atoms with Gasteiger partial charge in [-0.15, -0.1) is 24.0 Å².